The second kappa shape index (κ2) is 6.52. The molecule has 1 fully saturated rings. The van der Waals surface area contributed by atoms with Gasteiger partial charge in [-0.25, -0.2) is 4.98 Å². The topological polar surface area (TPSA) is 42.4 Å². The van der Waals surface area contributed by atoms with Gasteiger partial charge in [-0.1, -0.05) is 36.8 Å². The van der Waals surface area contributed by atoms with Gasteiger partial charge in [-0.15, -0.1) is 0 Å². The third-order valence-corrected chi connectivity index (χ3v) is 5.02. The van der Waals surface area contributed by atoms with Gasteiger partial charge in [0.15, 0.2) is 5.13 Å². The number of ether oxygens (including phenoxy) is 1. The van der Waals surface area contributed by atoms with Gasteiger partial charge in [0.25, 0.3) is 0 Å². The fraction of sp³-hybridized carbons (Fsp3) is 0.500. The summed E-state index contributed by atoms with van der Waals surface area (Å²) >= 11 is 7.54. The summed E-state index contributed by atoms with van der Waals surface area (Å²) in [6, 6.07) is 5.60. The molecule has 6 heteroatoms. The van der Waals surface area contributed by atoms with Crippen molar-refractivity contribution < 1.29 is 9.53 Å². The van der Waals surface area contributed by atoms with Gasteiger partial charge < -0.3 is 4.74 Å². The lowest BCUT2D eigenvalue weighted by atomic mass is 10.1. The maximum Gasteiger partial charge on any atom is 0.231 e. The average molecular weight is 339 g/mol. The minimum Gasteiger partial charge on any atom is -0.376 e. The van der Waals surface area contributed by atoms with Crippen molar-refractivity contribution in [2.24, 2.45) is 5.92 Å². The van der Waals surface area contributed by atoms with Gasteiger partial charge in [0.2, 0.25) is 5.91 Å². The number of nitrogens with zero attached hydrogens (tertiary/aromatic N) is 2. The molecule has 0 aliphatic carbocycles. The van der Waals surface area contributed by atoms with Crippen molar-refractivity contribution in [3.05, 3.63) is 23.2 Å². The first-order chi connectivity index (χ1) is 10.5. The van der Waals surface area contributed by atoms with E-state index in [-0.39, 0.29) is 17.9 Å². The van der Waals surface area contributed by atoms with Crippen molar-refractivity contribution in [3.63, 3.8) is 0 Å². The molecule has 1 aromatic heterocycles. The minimum atomic E-state index is -0.0722. The van der Waals surface area contributed by atoms with Crippen LogP contribution in [0.4, 0.5) is 5.13 Å². The fourth-order valence-corrected chi connectivity index (χ4v) is 3.82. The molecular weight excluding hydrogens is 320 g/mol. The lowest BCUT2D eigenvalue weighted by Gasteiger charge is -2.24. The summed E-state index contributed by atoms with van der Waals surface area (Å²) in [7, 11) is 0. The van der Waals surface area contributed by atoms with Crippen LogP contribution >= 0.6 is 22.9 Å². The number of hydrogen-bond acceptors (Lipinski definition) is 4. The first kappa shape index (κ1) is 15.7. The Balaban J connectivity index is 1.93. The highest BCUT2D eigenvalue weighted by atomic mass is 35.5. The van der Waals surface area contributed by atoms with Crippen molar-refractivity contribution in [2.45, 2.75) is 32.8 Å². The maximum absolute atomic E-state index is 12.6. The molecule has 1 unspecified atom stereocenters. The Morgan fingerprint density at radius 3 is 3.05 bits per heavy atom. The number of anilines is 1. The van der Waals surface area contributed by atoms with E-state index in [0.717, 1.165) is 34.8 Å². The van der Waals surface area contributed by atoms with E-state index in [4.69, 9.17) is 16.3 Å². The second-order valence-electron chi connectivity index (χ2n) is 5.85. The van der Waals surface area contributed by atoms with Gasteiger partial charge in [0.1, 0.15) is 0 Å². The maximum atomic E-state index is 12.6. The average Bonchev–Trinajstić information content (AvgIpc) is 3.12. The van der Waals surface area contributed by atoms with E-state index in [2.05, 4.69) is 4.98 Å². The number of thiazole rings is 1. The highest BCUT2D eigenvalue weighted by molar-refractivity contribution is 7.22. The molecule has 118 valence electrons. The zero-order valence-corrected chi connectivity index (χ0v) is 14.3. The summed E-state index contributed by atoms with van der Waals surface area (Å²) in [5.74, 6) is 0.0117. The summed E-state index contributed by atoms with van der Waals surface area (Å²) in [5, 5.41) is 1.41. The number of rotatable bonds is 4. The minimum absolute atomic E-state index is 0.0722. The third-order valence-electron chi connectivity index (χ3n) is 3.74. The first-order valence-corrected chi connectivity index (χ1v) is 8.73. The van der Waals surface area contributed by atoms with E-state index in [0.29, 0.717) is 11.6 Å². The standard InChI is InChI=1S/C16H19ClN2O2S/c1-10(2)15(20)19(9-12-4-3-7-21-12)16-18-13-6-5-11(17)8-14(13)22-16/h5-6,8,10,12H,3-4,7,9H2,1-2H3. The highest BCUT2D eigenvalue weighted by Gasteiger charge is 2.27. The number of carbonyl (C=O) groups is 1. The molecule has 0 saturated carbocycles. The van der Waals surface area contributed by atoms with Gasteiger partial charge in [-0.05, 0) is 31.0 Å². The molecule has 4 nitrogen and oxygen atoms in total. The number of hydrogen-bond donors (Lipinski definition) is 0. The Hall–Kier alpha value is -1.17. The molecule has 0 bridgehead atoms. The van der Waals surface area contributed by atoms with E-state index < -0.39 is 0 Å². The van der Waals surface area contributed by atoms with Crippen LogP contribution in [0.15, 0.2) is 18.2 Å². The summed E-state index contributed by atoms with van der Waals surface area (Å²) < 4.78 is 6.69. The Bertz CT molecular complexity index is 680. The van der Waals surface area contributed by atoms with E-state index in [1.807, 2.05) is 32.0 Å². The number of carbonyl (C=O) groups excluding carboxylic acids is 1. The fourth-order valence-electron chi connectivity index (χ4n) is 2.57. The van der Waals surface area contributed by atoms with Crippen molar-refractivity contribution in [3.8, 4) is 0 Å². The smallest absolute Gasteiger partial charge is 0.231 e. The van der Waals surface area contributed by atoms with Crippen molar-refractivity contribution in [1.82, 2.24) is 4.98 Å². The van der Waals surface area contributed by atoms with Crippen molar-refractivity contribution >= 4 is 44.2 Å². The molecule has 3 rings (SSSR count). The second-order valence-corrected chi connectivity index (χ2v) is 7.29. The molecule has 0 radical (unpaired) electrons. The predicted octanol–water partition coefficient (Wildman–Crippen LogP) is 4.12. The van der Waals surface area contributed by atoms with Gasteiger partial charge in [0.05, 0.1) is 22.9 Å². The molecule has 1 aromatic carbocycles. The zero-order chi connectivity index (χ0) is 15.7. The molecule has 2 aromatic rings. The molecule has 0 spiro atoms. The summed E-state index contributed by atoms with van der Waals surface area (Å²) in [4.78, 5) is 19.0. The normalized spacial score (nSPS) is 18.3. The quantitative estimate of drug-likeness (QED) is 0.842. The summed E-state index contributed by atoms with van der Waals surface area (Å²) in [5.41, 5.74) is 0.873. The molecule has 1 saturated heterocycles. The van der Waals surface area contributed by atoms with E-state index >= 15 is 0 Å². The Morgan fingerprint density at radius 1 is 1.55 bits per heavy atom. The first-order valence-electron chi connectivity index (χ1n) is 7.53. The van der Waals surface area contributed by atoms with Crippen LogP contribution in [0.25, 0.3) is 10.2 Å². The van der Waals surface area contributed by atoms with Gasteiger partial charge in [0, 0.05) is 17.5 Å². The van der Waals surface area contributed by atoms with Crippen LogP contribution in [0.2, 0.25) is 5.02 Å². The van der Waals surface area contributed by atoms with Crippen LogP contribution in [0.1, 0.15) is 26.7 Å². The number of benzene rings is 1. The third kappa shape index (κ3) is 3.26. The van der Waals surface area contributed by atoms with E-state index in [1.54, 1.807) is 4.90 Å². The number of amides is 1. The molecule has 22 heavy (non-hydrogen) atoms. The molecular formula is C16H19ClN2O2S. The summed E-state index contributed by atoms with van der Waals surface area (Å²) in [6.45, 7) is 5.18. The Kier molecular flexibility index (Phi) is 4.66. The van der Waals surface area contributed by atoms with Crippen LogP contribution < -0.4 is 4.90 Å². The van der Waals surface area contributed by atoms with Crippen LogP contribution in [0.5, 0.6) is 0 Å². The van der Waals surface area contributed by atoms with Gasteiger partial charge in [-0.3, -0.25) is 9.69 Å². The van der Waals surface area contributed by atoms with Crippen LogP contribution in [0, 0.1) is 5.92 Å². The lowest BCUT2D eigenvalue weighted by molar-refractivity contribution is -0.121. The van der Waals surface area contributed by atoms with Gasteiger partial charge >= 0.3 is 0 Å². The molecule has 1 aliphatic rings. The van der Waals surface area contributed by atoms with Crippen LogP contribution in [0.3, 0.4) is 0 Å². The molecule has 1 aliphatic heterocycles. The van der Waals surface area contributed by atoms with E-state index in [1.165, 1.54) is 11.3 Å². The zero-order valence-electron chi connectivity index (χ0n) is 12.7. The molecule has 1 amide bonds. The largest absolute Gasteiger partial charge is 0.376 e. The van der Waals surface area contributed by atoms with Crippen molar-refractivity contribution in [2.75, 3.05) is 18.1 Å². The summed E-state index contributed by atoms with van der Waals surface area (Å²) in [6.07, 6.45) is 2.17. The van der Waals surface area contributed by atoms with Crippen LogP contribution in [-0.4, -0.2) is 30.1 Å². The van der Waals surface area contributed by atoms with E-state index in [9.17, 15) is 4.79 Å². The molecule has 2 heterocycles. The lowest BCUT2D eigenvalue weighted by Crippen LogP contribution is -2.39. The SMILES string of the molecule is CC(C)C(=O)N(CC1CCCO1)c1nc2ccc(Cl)cc2s1. The predicted molar refractivity (Wildman–Crippen MR) is 90.8 cm³/mol. The molecule has 0 N–H and O–H groups in total. The highest BCUT2D eigenvalue weighted by Crippen LogP contribution is 2.32. The Morgan fingerprint density at radius 2 is 2.36 bits per heavy atom. The number of halogens is 1. The number of aromatic nitrogens is 1. The number of fused-ring (bicyclic) bond motifs is 1. The monoisotopic (exact) mass is 338 g/mol. The van der Waals surface area contributed by atoms with Crippen molar-refractivity contribution in [1.29, 1.82) is 0 Å². The van der Waals surface area contributed by atoms with Crippen LogP contribution in [-0.2, 0) is 9.53 Å². The molecule has 1 atom stereocenters. The Labute approximate surface area is 139 Å². The van der Waals surface area contributed by atoms with Gasteiger partial charge in [-0.2, -0.15) is 0 Å².